The first-order valence-electron chi connectivity index (χ1n) is 3.21. The Labute approximate surface area is 59.7 Å². The van der Waals surface area contributed by atoms with E-state index in [4.69, 9.17) is 20.4 Å². The van der Waals surface area contributed by atoms with Crippen molar-refractivity contribution in [2.24, 2.45) is 5.92 Å². The smallest absolute Gasteiger partial charge is 0.0821 e. The molecule has 0 bridgehead atoms. The van der Waals surface area contributed by atoms with Gasteiger partial charge in [-0.3, -0.25) is 0 Å². The third kappa shape index (κ3) is 2.62. The minimum Gasteiger partial charge on any atom is -0.394 e. The van der Waals surface area contributed by atoms with Crippen LogP contribution in [-0.4, -0.2) is 45.8 Å². The second kappa shape index (κ2) is 4.62. The molecule has 4 heteroatoms. The third-order valence-corrected chi connectivity index (χ3v) is 1.59. The summed E-state index contributed by atoms with van der Waals surface area (Å²) in [6.07, 6.45) is -1.91. The topological polar surface area (TPSA) is 80.9 Å². The molecule has 0 heterocycles. The molecule has 0 spiro atoms. The van der Waals surface area contributed by atoms with E-state index in [2.05, 4.69) is 0 Å². The molecule has 0 amide bonds. The Morgan fingerprint density at radius 3 is 1.50 bits per heavy atom. The molecule has 4 N–H and O–H groups in total. The Bertz CT molecular complexity index is 75.8. The van der Waals surface area contributed by atoms with E-state index < -0.39 is 31.3 Å². The molecule has 0 aliphatic heterocycles. The van der Waals surface area contributed by atoms with Crippen LogP contribution in [0.4, 0.5) is 0 Å². The van der Waals surface area contributed by atoms with Crippen molar-refractivity contribution in [1.82, 2.24) is 0 Å². The predicted octanol–water partition coefficient (Wildman–Crippen LogP) is -1.67. The fraction of sp³-hybridized carbons (Fsp3) is 1.00. The fourth-order valence-corrected chi connectivity index (χ4v) is 0.589. The van der Waals surface area contributed by atoms with Gasteiger partial charge in [-0.05, 0) is 0 Å². The molecule has 0 radical (unpaired) electrons. The summed E-state index contributed by atoms with van der Waals surface area (Å²) in [7, 11) is 0. The fourth-order valence-electron chi connectivity index (χ4n) is 0.589. The van der Waals surface area contributed by atoms with Crippen LogP contribution in [0.3, 0.4) is 0 Å². The van der Waals surface area contributed by atoms with Gasteiger partial charge in [0.05, 0.1) is 25.4 Å². The van der Waals surface area contributed by atoms with Crippen LogP contribution in [0.15, 0.2) is 0 Å². The van der Waals surface area contributed by atoms with Crippen molar-refractivity contribution >= 4 is 0 Å². The monoisotopic (exact) mass is 150 g/mol. The zero-order chi connectivity index (χ0) is 8.15. The molecule has 4 nitrogen and oxygen atoms in total. The molecule has 0 saturated carbocycles. The lowest BCUT2D eigenvalue weighted by atomic mass is 9.99. The van der Waals surface area contributed by atoms with Gasteiger partial charge < -0.3 is 20.4 Å². The highest BCUT2D eigenvalue weighted by Gasteiger charge is 2.20. The first-order valence-corrected chi connectivity index (χ1v) is 3.21. The summed E-state index contributed by atoms with van der Waals surface area (Å²) in [5.74, 6) is -0.491. The van der Waals surface area contributed by atoms with Crippen LogP contribution in [0.2, 0.25) is 0 Å². The van der Waals surface area contributed by atoms with Crippen LogP contribution in [0, 0.1) is 5.92 Å². The molecule has 2 atom stereocenters. The van der Waals surface area contributed by atoms with Gasteiger partial charge in [0.15, 0.2) is 0 Å². The highest BCUT2D eigenvalue weighted by atomic mass is 16.3. The van der Waals surface area contributed by atoms with Crippen molar-refractivity contribution in [3.05, 3.63) is 0 Å². The molecule has 0 aromatic heterocycles. The largest absolute Gasteiger partial charge is 0.394 e. The minimum atomic E-state index is -0.956. The number of hydrogen-bond donors (Lipinski definition) is 4. The van der Waals surface area contributed by atoms with Crippen molar-refractivity contribution in [3.63, 3.8) is 0 Å². The van der Waals surface area contributed by atoms with E-state index in [1.54, 1.807) is 6.92 Å². The van der Waals surface area contributed by atoms with E-state index in [-0.39, 0.29) is 0 Å². The standard InChI is InChI=1S/C6H14O4/c1-4(5(9)2-7)6(10)3-8/h4-10H,2-3H2,1H3/t5-,6-/m0/s1. The summed E-state index contributed by atoms with van der Waals surface area (Å²) in [5.41, 5.74) is 0. The molecular formula is C6H14O4. The Balaban J connectivity index is 3.69. The highest BCUT2D eigenvalue weighted by Crippen LogP contribution is 2.07. The first-order chi connectivity index (χ1) is 4.63. The van der Waals surface area contributed by atoms with Gasteiger partial charge in [0.1, 0.15) is 0 Å². The summed E-state index contributed by atoms with van der Waals surface area (Å²) in [6, 6.07) is 0. The Kier molecular flexibility index (Phi) is 4.55. The molecular weight excluding hydrogens is 136 g/mol. The quantitative estimate of drug-likeness (QED) is 0.386. The van der Waals surface area contributed by atoms with Crippen molar-refractivity contribution in [2.75, 3.05) is 13.2 Å². The van der Waals surface area contributed by atoms with Gasteiger partial charge in [0.25, 0.3) is 0 Å². The van der Waals surface area contributed by atoms with Crippen LogP contribution in [0.5, 0.6) is 0 Å². The highest BCUT2D eigenvalue weighted by molar-refractivity contribution is 4.70. The molecule has 0 aliphatic carbocycles. The van der Waals surface area contributed by atoms with Crippen LogP contribution in [0.25, 0.3) is 0 Å². The Morgan fingerprint density at radius 1 is 1.00 bits per heavy atom. The van der Waals surface area contributed by atoms with Gasteiger partial charge in [-0.1, -0.05) is 6.92 Å². The van der Waals surface area contributed by atoms with Crippen LogP contribution in [-0.2, 0) is 0 Å². The van der Waals surface area contributed by atoms with Gasteiger partial charge in [0.2, 0.25) is 0 Å². The van der Waals surface area contributed by atoms with Crippen molar-refractivity contribution in [1.29, 1.82) is 0 Å². The molecule has 0 saturated heterocycles. The second-order valence-corrected chi connectivity index (χ2v) is 2.36. The first kappa shape index (κ1) is 9.84. The number of rotatable bonds is 4. The predicted molar refractivity (Wildman–Crippen MR) is 35.3 cm³/mol. The molecule has 10 heavy (non-hydrogen) atoms. The number of hydrogen-bond acceptors (Lipinski definition) is 4. The molecule has 0 rings (SSSR count). The van der Waals surface area contributed by atoms with Crippen molar-refractivity contribution < 1.29 is 20.4 Å². The molecule has 0 aliphatic rings. The van der Waals surface area contributed by atoms with Crippen molar-refractivity contribution in [3.8, 4) is 0 Å². The third-order valence-electron chi connectivity index (χ3n) is 1.59. The SMILES string of the molecule is CC([C@@H](O)CO)[C@@H](O)CO. The van der Waals surface area contributed by atoms with Crippen LogP contribution < -0.4 is 0 Å². The van der Waals surface area contributed by atoms with Crippen LogP contribution >= 0.6 is 0 Å². The van der Waals surface area contributed by atoms with Gasteiger partial charge in [-0.25, -0.2) is 0 Å². The normalized spacial score (nSPS) is 17.4. The van der Waals surface area contributed by atoms with Gasteiger partial charge in [-0.15, -0.1) is 0 Å². The number of aliphatic hydroxyl groups excluding tert-OH is 4. The van der Waals surface area contributed by atoms with Crippen molar-refractivity contribution in [2.45, 2.75) is 19.1 Å². The minimum absolute atomic E-state index is 0.391. The average molecular weight is 150 g/mol. The zero-order valence-corrected chi connectivity index (χ0v) is 5.94. The van der Waals surface area contributed by atoms with Gasteiger partial charge >= 0.3 is 0 Å². The molecule has 0 aromatic rings. The molecule has 62 valence electrons. The van der Waals surface area contributed by atoms with E-state index in [1.165, 1.54) is 0 Å². The molecule has 0 unspecified atom stereocenters. The molecule has 0 aromatic carbocycles. The summed E-state index contributed by atoms with van der Waals surface area (Å²) in [6.45, 7) is 0.776. The lowest BCUT2D eigenvalue weighted by Gasteiger charge is -2.20. The number of aliphatic hydroxyl groups is 4. The van der Waals surface area contributed by atoms with Crippen LogP contribution in [0.1, 0.15) is 6.92 Å². The maximum atomic E-state index is 8.91. The second-order valence-electron chi connectivity index (χ2n) is 2.36. The lowest BCUT2D eigenvalue weighted by Crippen LogP contribution is -2.34. The maximum absolute atomic E-state index is 8.91. The molecule has 0 fully saturated rings. The average Bonchev–Trinajstić information content (AvgIpc) is 2.00. The maximum Gasteiger partial charge on any atom is 0.0821 e. The van der Waals surface area contributed by atoms with Gasteiger partial charge in [0, 0.05) is 5.92 Å². The van der Waals surface area contributed by atoms with E-state index >= 15 is 0 Å². The van der Waals surface area contributed by atoms with E-state index in [0.717, 1.165) is 0 Å². The van der Waals surface area contributed by atoms with E-state index in [0.29, 0.717) is 0 Å². The van der Waals surface area contributed by atoms with Gasteiger partial charge in [-0.2, -0.15) is 0 Å². The summed E-state index contributed by atoms with van der Waals surface area (Å²) < 4.78 is 0. The summed E-state index contributed by atoms with van der Waals surface area (Å²) in [4.78, 5) is 0. The Morgan fingerprint density at radius 2 is 1.30 bits per heavy atom. The summed E-state index contributed by atoms with van der Waals surface area (Å²) in [5, 5.41) is 34.6. The van der Waals surface area contributed by atoms with E-state index in [1.807, 2.05) is 0 Å². The van der Waals surface area contributed by atoms with E-state index in [9.17, 15) is 0 Å². The Hall–Kier alpha value is -0.160. The summed E-state index contributed by atoms with van der Waals surface area (Å²) >= 11 is 0. The lowest BCUT2D eigenvalue weighted by molar-refractivity contribution is -0.0286. The zero-order valence-electron chi connectivity index (χ0n) is 5.94.